The lowest BCUT2D eigenvalue weighted by Crippen LogP contribution is -2.13. The standard InChI is InChI=1S/C18H14F3NO5S/c1-8-9(6-15(23)24)10-5-13(26-2)11(19)7-12(10)22(8)17(25)14-3-4-16(28-14)27-18(20)21/h3-5,7,18H,6H2,1-2H3,(H,23,24). The number of ether oxygens (including phenoxy) is 2. The number of methoxy groups -OCH3 is 1. The second-order valence-corrected chi connectivity index (χ2v) is 6.82. The Hall–Kier alpha value is -3.01. The van der Waals surface area contributed by atoms with Crippen molar-refractivity contribution in [3.8, 4) is 10.8 Å². The fourth-order valence-corrected chi connectivity index (χ4v) is 3.76. The van der Waals surface area contributed by atoms with Gasteiger partial charge in [0, 0.05) is 17.1 Å². The predicted octanol–water partition coefficient (Wildman–Crippen LogP) is 4.08. The van der Waals surface area contributed by atoms with Gasteiger partial charge < -0.3 is 14.6 Å². The second kappa shape index (κ2) is 7.55. The van der Waals surface area contributed by atoms with Crippen molar-refractivity contribution in [3.63, 3.8) is 0 Å². The second-order valence-electron chi connectivity index (χ2n) is 5.78. The Kier molecular flexibility index (Phi) is 5.32. The van der Waals surface area contributed by atoms with E-state index in [1.54, 1.807) is 0 Å². The van der Waals surface area contributed by atoms with Gasteiger partial charge in [0.1, 0.15) is 0 Å². The fraction of sp³-hybridized carbons (Fsp3) is 0.222. The molecule has 0 radical (unpaired) electrons. The van der Waals surface area contributed by atoms with E-state index in [2.05, 4.69) is 4.74 Å². The van der Waals surface area contributed by atoms with Crippen molar-refractivity contribution >= 4 is 34.1 Å². The maximum absolute atomic E-state index is 14.3. The molecular weight excluding hydrogens is 399 g/mol. The molecule has 1 N–H and O–H groups in total. The highest BCUT2D eigenvalue weighted by Crippen LogP contribution is 2.34. The summed E-state index contributed by atoms with van der Waals surface area (Å²) in [5.41, 5.74) is 0.788. The van der Waals surface area contributed by atoms with Crippen LogP contribution in [0.5, 0.6) is 10.8 Å². The van der Waals surface area contributed by atoms with Gasteiger partial charge in [0.15, 0.2) is 16.6 Å². The number of aliphatic carboxylic acids is 1. The van der Waals surface area contributed by atoms with Crippen LogP contribution in [0, 0.1) is 12.7 Å². The van der Waals surface area contributed by atoms with Gasteiger partial charge >= 0.3 is 12.6 Å². The molecule has 1 aromatic carbocycles. The lowest BCUT2D eigenvalue weighted by atomic mass is 10.1. The molecule has 0 unspecified atom stereocenters. The molecule has 0 aliphatic heterocycles. The molecule has 10 heteroatoms. The number of aromatic nitrogens is 1. The maximum Gasteiger partial charge on any atom is 0.388 e. The summed E-state index contributed by atoms with van der Waals surface area (Å²) in [4.78, 5) is 24.3. The van der Waals surface area contributed by atoms with E-state index >= 15 is 0 Å². The predicted molar refractivity (Wildman–Crippen MR) is 95.2 cm³/mol. The first kappa shape index (κ1) is 19.7. The highest BCUT2D eigenvalue weighted by molar-refractivity contribution is 7.15. The summed E-state index contributed by atoms with van der Waals surface area (Å²) in [5, 5.41) is 9.41. The van der Waals surface area contributed by atoms with Gasteiger partial charge in [0.2, 0.25) is 0 Å². The lowest BCUT2D eigenvalue weighted by Gasteiger charge is -2.07. The van der Waals surface area contributed by atoms with Gasteiger partial charge in [-0.1, -0.05) is 11.3 Å². The number of fused-ring (bicyclic) bond motifs is 1. The molecule has 0 aliphatic carbocycles. The number of benzene rings is 1. The summed E-state index contributed by atoms with van der Waals surface area (Å²) in [7, 11) is 1.27. The molecule has 0 spiro atoms. The Bertz CT molecular complexity index is 1070. The number of carboxylic acids is 1. The van der Waals surface area contributed by atoms with Crippen LogP contribution in [0.1, 0.15) is 20.9 Å². The van der Waals surface area contributed by atoms with E-state index < -0.39 is 24.3 Å². The average Bonchev–Trinajstić information content (AvgIpc) is 3.16. The van der Waals surface area contributed by atoms with Crippen molar-refractivity contribution in [3.05, 3.63) is 46.2 Å². The molecule has 0 bridgehead atoms. The molecule has 0 atom stereocenters. The molecule has 2 aromatic heterocycles. The fourth-order valence-electron chi connectivity index (χ4n) is 2.97. The Morgan fingerprint density at radius 1 is 1.29 bits per heavy atom. The minimum atomic E-state index is -3.03. The molecule has 3 aromatic rings. The summed E-state index contributed by atoms with van der Waals surface area (Å²) >= 11 is 0.709. The third-order valence-corrected chi connectivity index (χ3v) is 5.10. The average molecular weight is 413 g/mol. The molecule has 0 amide bonds. The molecule has 0 aliphatic rings. The van der Waals surface area contributed by atoms with Crippen LogP contribution in [0.2, 0.25) is 0 Å². The number of hydrogen-bond donors (Lipinski definition) is 1. The quantitative estimate of drug-likeness (QED) is 0.659. The first-order valence-electron chi connectivity index (χ1n) is 7.91. The first-order chi connectivity index (χ1) is 13.2. The number of hydrogen-bond acceptors (Lipinski definition) is 5. The van der Waals surface area contributed by atoms with Gasteiger partial charge in [-0.15, -0.1) is 0 Å². The van der Waals surface area contributed by atoms with E-state index in [1.807, 2.05) is 0 Å². The Morgan fingerprint density at radius 3 is 2.61 bits per heavy atom. The van der Waals surface area contributed by atoms with Crippen molar-refractivity contribution in [2.75, 3.05) is 7.11 Å². The van der Waals surface area contributed by atoms with Gasteiger partial charge in [0.25, 0.3) is 5.91 Å². The molecule has 2 heterocycles. The zero-order chi connectivity index (χ0) is 20.6. The van der Waals surface area contributed by atoms with E-state index in [4.69, 9.17) is 4.74 Å². The van der Waals surface area contributed by atoms with Crippen molar-refractivity contribution in [1.29, 1.82) is 0 Å². The van der Waals surface area contributed by atoms with Gasteiger partial charge in [-0.2, -0.15) is 8.78 Å². The van der Waals surface area contributed by atoms with Crippen molar-refractivity contribution in [2.45, 2.75) is 20.0 Å². The van der Waals surface area contributed by atoms with E-state index in [0.29, 0.717) is 28.0 Å². The molecule has 0 saturated heterocycles. The number of rotatable bonds is 6. The number of nitrogens with zero attached hydrogens (tertiary/aromatic N) is 1. The highest BCUT2D eigenvalue weighted by atomic mass is 32.1. The van der Waals surface area contributed by atoms with Crippen LogP contribution >= 0.6 is 11.3 Å². The molecule has 28 heavy (non-hydrogen) atoms. The van der Waals surface area contributed by atoms with E-state index in [0.717, 1.165) is 10.6 Å². The van der Waals surface area contributed by atoms with Crippen LogP contribution < -0.4 is 9.47 Å². The normalized spacial score (nSPS) is 11.2. The zero-order valence-corrected chi connectivity index (χ0v) is 15.5. The smallest absolute Gasteiger partial charge is 0.388 e. The van der Waals surface area contributed by atoms with Gasteiger partial charge in [-0.25, -0.2) is 4.39 Å². The number of carboxylic acid groups (broad SMARTS) is 1. The van der Waals surface area contributed by atoms with Crippen molar-refractivity contribution < 1.29 is 37.3 Å². The number of halogens is 3. The van der Waals surface area contributed by atoms with Crippen molar-refractivity contribution in [2.24, 2.45) is 0 Å². The third-order valence-electron chi connectivity index (χ3n) is 4.14. The Balaban J connectivity index is 2.18. The number of carbonyl (C=O) groups excluding carboxylic acids is 1. The van der Waals surface area contributed by atoms with E-state index in [9.17, 15) is 27.9 Å². The summed E-state index contributed by atoms with van der Waals surface area (Å²) < 4.78 is 49.3. The van der Waals surface area contributed by atoms with Crippen LogP contribution in [-0.4, -0.2) is 35.3 Å². The van der Waals surface area contributed by atoms with Gasteiger partial charge in [-0.05, 0) is 30.7 Å². The highest BCUT2D eigenvalue weighted by Gasteiger charge is 2.24. The summed E-state index contributed by atoms with van der Waals surface area (Å²) in [6.07, 6.45) is -0.387. The van der Waals surface area contributed by atoms with Crippen LogP contribution in [0.3, 0.4) is 0 Å². The minimum absolute atomic E-state index is 0.0775. The first-order valence-corrected chi connectivity index (χ1v) is 8.73. The van der Waals surface area contributed by atoms with Crippen LogP contribution in [0.15, 0.2) is 24.3 Å². The molecule has 6 nitrogen and oxygen atoms in total. The number of alkyl halides is 2. The van der Waals surface area contributed by atoms with Gasteiger partial charge in [-0.3, -0.25) is 14.2 Å². The number of carbonyl (C=O) groups is 2. The summed E-state index contributed by atoms with van der Waals surface area (Å²) in [5.74, 6) is -2.55. The largest absolute Gasteiger partial charge is 0.494 e. The number of thiophene rings is 1. The summed E-state index contributed by atoms with van der Waals surface area (Å²) in [6, 6.07) is 4.95. The SMILES string of the molecule is COc1cc2c(CC(=O)O)c(C)n(C(=O)c3ccc(OC(F)F)s3)c2cc1F. The molecule has 148 valence electrons. The lowest BCUT2D eigenvalue weighted by molar-refractivity contribution is -0.136. The topological polar surface area (TPSA) is 77.8 Å². The Labute approximate surface area is 160 Å². The molecule has 0 fully saturated rings. The third kappa shape index (κ3) is 3.55. The van der Waals surface area contributed by atoms with Crippen molar-refractivity contribution in [1.82, 2.24) is 4.57 Å². The van der Waals surface area contributed by atoms with Crippen LogP contribution in [-0.2, 0) is 11.2 Å². The molecule has 3 rings (SSSR count). The van der Waals surface area contributed by atoms with Crippen LogP contribution in [0.25, 0.3) is 10.9 Å². The Morgan fingerprint density at radius 2 is 2.00 bits per heavy atom. The molecule has 0 saturated carbocycles. The maximum atomic E-state index is 14.3. The van der Waals surface area contributed by atoms with E-state index in [1.165, 1.54) is 32.2 Å². The minimum Gasteiger partial charge on any atom is -0.494 e. The molecular formula is C18H14F3NO5S. The summed E-state index contributed by atoms with van der Waals surface area (Å²) in [6.45, 7) is -1.50. The zero-order valence-electron chi connectivity index (χ0n) is 14.7. The van der Waals surface area contributed by atoms with Crippen LogP contribution in [0.4, 0.5) is 13.2 Å². The monoisotopic (exact) mass is 413 g/mol. The van der Waals surface area contributed by atoms with E-state index in [-0.39, 0.29) is 27.6 Å². The van der Waals surface area contributed by atoms with Gasteiger partial charge in [0.05, 0.1) is 23.9 Å².